The zero-order valence-electron chi connectivity index (χ0n) is 8.34. The third-order valence-electron chi connectivity index (χ3n) is 1.32. The fourth-order valence-corrected chi connectivity index (χ4v) is 1.04. The van der Waals surface area contributed by atoms with E-state index >= 15 is 0 Å². The topological polar surface area (TPSA) is 168 Å². The molecule has 0 saturated carbocycles. The third kappa shape index (κ3) is 8.43. The van der Waals surface area contributed by atoms with Gasteiger partial charge in [-0.2, -0.15) is 0 Å². The van der Waals surface area contributed by atoms with Gasteiger partial charge in [0.05, 0.1) is 0 Å². The molecule has 0 heterocycles. The number of carbonyl (C=O) groups is 1. The van der Waals surface area contributed by atoms with E-state index in [0.29, 0.717) is 0 Å². The van der Waals surface area contributed by atoms with Crippen LogP contribution in [0.2, 0.25) is 0 Å². The van der Waals surface area contributed by atoms with Gasteiger partial charge in [-0.05, 0) is 6.42 Å². The lowest BCUT2D eigenvalue weighted by Gasteiger charge is -2.11. The van der Waals surface area contributed by atoms with E-state index in [0.717, 1.165) is 7.05 Å². The molecule has 0 fully saturated rings. The van der Waals surface area contributed by atoms with Crippen LogP contribution < -0.4 is 12.3 Å². The van der Waals surface area contributed by atoms with Gasteiger partial charge in [-0.1, -0.05) is 0 Å². The molecule has 1 atom stereocenters. The van der Waals surface area contributed by atoms with Gasteiger partial charge in [0.2, 0.25) is 11.8 Å². The summed E-state index contributed by atoms with van der Waals surface area (Å²) >= 11 is 0. The van der Waals surface area contributed by atoms with Crippen LogP contribution in [-0.4, -0.2) is 38.9 Å². The second-order valence-corrected chi connectivity index (χ2v) is 4.22. The maximum atomic E-state index is 12.5. The van der Waals surface area contributed by atoms with Crippen LogP contribution in [0.1, 0.15) is 12.8 Å². The lowest BCUT2D eigenvalue weighted by Crippen LogP contribution is -2.23. The predicted molar refractivity (Wildman–Crippen MR) is 50.8 cm³/mol. The second kappa shape index (κ2) is 7.69. The Morgan fingerprint density at radius 1 is 1.47 bits per heavy atom. The molecule has 8 nitrogen and oxygen atoms in total. The van der Waals surface area contributed by atoms with Gasteiger partial charge in [0.1, 0.15) is 0 Å². The van der Waals surface area contributed by atoms with Crippen molar-refractivity contribution in [3.8, 4) is 0 Å². The van der Waals surface area contributed by atoms with Gasteiger partial charge in [0, 0.05) is 13.5 Å². The molecule has 0 aliphatic rings. The molecule has 0 aromatic rings. The van der Waals surface area contributed by atoms with Crippen LogP contribution in [-0.2, 0) is 9.36 Å². The van der Waals surface area contributed by atoms with E-state index in [1.165, 1.54) is 0 Å². The summed E-state index contributed by atoms with van der Waals surface area (Å²) in [4.78, 5) is 27.2. The van der Waals surface area contributed by atoms with Crippen molar-refractivity contribution in [3.63, 3.8) is 0 Å². The van der Waals surface area contributed by atoms with Crippen LogP contribution in [0, 0.1) is 0 Å². The molecule has 10 heteroatoms. The Bertz CT molecular complexity index is 233. The van der Waals surface area contributed by atoms with Gasteiger partial charge in [0.15, 0.2) is 0 Å². The molecule has 0 rings (SSSR count). The highest BCUT2D eigenvalue weighted by atomic mass is 31.2. The smallest absolute Gasteiger partial charge is 0.344 e. The molecule has 1 unspecified atom stereocenters. The number of nitrogens with zero attached hydrogens (tertiary/aromatic N) is 1. The summed E-state index contributed by atoms with van der Waals surface area (Å²) in [5.41, 5.74) is 0. The zero-order chi connectivity index (χ0) is 10.6. The normalized spacial score (nSPS) is 12.1. The molecule has 0 aromatic carbocycles. The van der Waals surface area contributed by atoms with Crippen molar-refractivity contribution in [1.82, 2.24) is 17.4 Å². The van der Waals surface area contributed by atoms with Crippen LogP contribution >= 0.6 is 7.60 Å². The second-order valence-electron chi connectivity index (χ2n) is 2.48. The highest BCUT2D eigenvalue weighted by Gasteiger charge is 2.28. The maximum Gasteiger partial charge on any atom is 0.359 e. The SMILES string of the molecule is CN(O)C(=O)CCC(F)P(=O)(O)O.N.N. The van der Waals surface area contributed by atoms with E-state index in [4.69, 9.17) is 15.0 Å². The fraction of sp³-hybridized carbons (Fsp3) is 0.800. The van der Waals surface area contributed by atoms with Gasteiger partial charge in [-0.3, -0.25) is 14.6 Å². The quantitative estimate of drug-likeness (QED) is 0.273. The molecular formula is C5H17FN3O5P. The van der Waals surface area contributed by atoms with Crippen molar-refractivity contribution in [3.05, 3.63) is 0 Å². The lowest BCUT2D eigenvalue weighted by molar-refractivity contribution is -0.159. The Balaban J connectivity index is -0.000000720. The minimum absolute atomic E-state index is 0. The summed E-state index contributed by atoms with van der Waals surface area (Å²) in [6.45, 7) is 0. The largest absolute Gasteiger partial charge is 0.359 e. The summed E-state index contributed by atoms with van der Waals surface area (Å²) in [6.07, 6.45) is -1.05. The number of hydrogen-bond acceptors (Lipinski definition) is 5. The van der Waals surface area contributed by atoms with E-state index in [1.54, 1.807) is 0 Å². The molecule has 0 aliphatic heterocycles. The molecule has 0 aliphatic carbocycles. The lowest BCUT2D eigenvalue weighted by atomic mass is 10.3. The van der Waals surface area contributed by atoms with E-state index in [-0.39, 0.29) is 17.4 Å². The van der Waals surface area contributed by atoms with Crippen molar-refractivity contribution in [2.24, 2.45) is 0 Å². The highest BCUT2D eigenvalue weighted by Crippen LogP contribution is 2.44. The van der Waals surface area contributed by atoms with Gasteiger partial charge < -0.3 is 22.1 Å². The first-order chi connectivity index (χ1) is 5.75. The number of alkyl halides is 1. The van der Waals surface area contributed by atoms with E-state index in [9.17, 15) is 13.8 Å². The van der Waals surface area contributed by atoms with Crippen LogP contribution in [0.25, 0.3) is 0 Å². The van der Waals surface area contributed by atoms with Crippen molar-refractivity contribution < 1.29 is 28.7 Å². The number of rotatable bonds is 4. The maximum absolute atomic E-state index is 12.5. The average Bonchev–Trinajstić information content (AvgIpc) is 1.97. The Morgan fingerprint density at radius 2 is 1.87 bits per heavy atom. The predicted octanol–water partition coefficient (Wildman–Crippen LogP) is 0.411. The first-order valence-corrected chi connectivity index (χ1v) is 5.08. The first kappa shape index (κ1) is 19.9. The Labute approximate surface area is 86.4 Å². The molecule has 9 N–H and O–H groups in total. The summed E-state index contributed by atoms with van der Waals surface area (Å²) in [5.74, 6) is -3.15. The van der Waals surface area contributed by atoms with Crippen LogP contribution in [0.5, 0.6) is 0 Å². The Morgan fingerprint density at radius 3 is 2.13 bits per heavy atom. The van der Waals surface area contributed by atoms with Crippen molar-refractivity contribution in [2.45, 2.75) is 18.8 Å². The number of hydrogen-bond donors (Lipinski definition) is 5. The van der Waals surface area contributed by atoms with Gasteiger partial charge in [0.25, 0.3) is 0 Å². The molecule has 94 valence electrons. The van der Waals surface area contributed by atoms with Crippen LogP contribution in [0.15, 0.2) is 0 Å². The summed E-state index contributed by atoms with van der Waals surface area (Å²) in [5, 5.41) is 8.75. The van der Waals surface area contributed by atoms with Crippen LogP contribution in [0.3, 0.4) is 0 Å². The first-order valence-electron chi connectivity index (χ1n) is 3.40. The molecule has 0 bridgehead atoms. The molecule has 0 saturated heterocycles. The van der Waals surface area contributed by atoms with E-state index < -0.39 is 32.3 Å². The van der Waals surface area contributed by atoms with Crippen molar-refractivity contribution in [2.75, 3.05) is 7.05 Å². The average molecular weight is 249 g/mol. The minimum Gasteiger partial charge on any atom is -0.344 e. The summed E-state index contributed by atoms with van der Waals surface area (Å²) in [6, 6.07) is 0. The number of carbonyl (C=O) groups excluding carboxylic acids is 1. The zero-order valence-corrected chi connectivity index (χ0v) is 9.23. The van der Waals surface area contributed by atoms with Gasteiger partial charge >= 0.3 is 7.60 Å². The van der Waals surface area contributed by atoms with E-state index in [1.807, 2.05) is 0 Å². The third-order valence-corrected chi connectivity index (χ3v) is 2.31. The molecule has 0 spiro atoms. The summed E-state index contributed by atoms with van der Waals surface area (Å²) in [7, 11) is -3.71. The Hall–Kier alpha value is -0.570. The standard InChI is InChI=1S/C5H11FNO5P.2H3N/c1-7(9)5(8)3-2-4(6)13(10,11)12;;/h4,9H,2-3H2,1H3,(H2,10,11,12);2*1H3. The molecule has 0 radical (unpaired) electrons. The molecule has 1 amide bonds. The molecular weight excluding hydrogens is 232 g/mol. The number of hydroxylamine groups is 2. The van der Waals surface area contributed by atoms with Crippen molar-refractivity contribution >= 4 is 13.5 Å². The number of halogens is 1. The monoisotopic (exact) mass is 249 g/mol. The minimum atomic E-state index is -4.76. The van der Waals surface area contributed by atoms with Gasteiger partial charge in [-0.15, -0.1) is 0 Å². The molecule has 15 heavy (non-hydrogen) atoms. The van der Waals surface area contributed by atoms with Crippen molar-refractivity contribution in [1.29, 1.82) is 0 Å². The summed E-state index contributed by atoms with van der Waals surface area (Å²) < 4.78 is 22.8. The fourth-order valence-electron chi connectivity index (χ4n) is 0.573. The molecule has 0 aromatic heterocycles. The van der Waals surface area contributed by atoms with Crippen LogP contribution in [0.4, 0.5) is 4.39 Å². The van der Waals surface area contributed by atoms with E-state index in [2.05, 4.69) is 0 Å². The Kier molecular flexibility index (Phi) is 10.2. The number of amides is 1. The highest BCUT2D eigenvalue weighted by molar-refractivity contribution is 7.52. The van der Waals surface area contributed by atoms with Gasteiger partial charge in [-0.25, -0.2) is 9.45 Å².